The van der Waals surface area contributed by atoms with Gasteiger partial charge in [-0.2, -0.15) is 5.10 Å². The van der Waals surface area contributed by atoms with Gasteiger partial charge < -0.3 is 4.74 Å². The number of nitrogens with zero attached hydrogens (tertiary/aromatic N) is 3. The number of fused-ring (bicyclic) bond motifs is 4. The van der Waals surface area contributed by atoms with Crippen molar-refractivity contribution in [3.63, 3.8) is 0 Å². The summed E-state index contributed by atoms with van der Waals surface area (Å²) in [5.41, 5.74) is 4.52. The van der Waals surface area contributed by atoms with Gasteiger partial charge in [0.15, 0.2) is 0 Å². The second-order valence-electron chi connectivity index (χ2n) is 7.50. The van der Waals surface area contributed by atoms with Crippen LogP contribution < -0.4 is 4.74 Å². The third-order valence-electron chi connectivity index (χ3n) is 5.77. The summed E-state index contributed by atoms with van der Waals surface area (Å²) >= 11 is 0. The predicted octanol–water partition coefficient (Wildman–Crippen LogP) is 5.48. The molecule has 0 amide bonds. The van der Waals surface area contributed by atoms with E-state index in [9.17, 15) is 0 Å². The zero-order valence-electron chi connectivity index (χ0n) is 15.8. The van der Waals surface area contributed by atoms with Crippen molar-refractivity contribution >= 4 is 16.5 Å². The van der Waals surface area contributed by atoms with E-state index >= 15 is 0 Å². The van der Waals surface area contributed by atoms with E-state index in [2.05, 4.69) is 70.7 Å². The number of aromatic nitrogens is 1. The SMILES string of the molecule is c1ccc2c(c1)OC(c1ccncc1)N1N=C(c3ccc4ccccc4c3)CC21. The molecule has 0 fully saturated rings. The molecule has 0 aliphatic carbocycles. The zero-order chi connectivity index (χ0) is 19.2. The number of pyridine rings is 1. The van der Waals surface area contributed by atoms with Crippen LogP contribution in [0, 0.1) is 0 Å². The van der Waals surface area contributed by atoms with Gasteiger partial charge in [0.2, 0.25) is 6.23 Å². The Bertz CT molecular complexity index is 1240. The van der Waals surface area contributed by atoms with Crippen LogP contribution in [0.5, 0.6) is 5.75 Å². The lowest BCUT2D eigenvalue weighted by Gasteiger charge is -2.38. The average molecular weight is 377 g/mol. The van der Waals surface area contributed by atoms with Gasteiger partial charge in [0.05, 0.1) is 11.8 Å². The summed E-state index contributed by atoms with van der Waals surface area (Å²) < 4.78 is 6.38. The smallest absolute Gasteiger partial charge is 0.213 e. The van der Waals surface area contributed by atoms with Crippen molar-refractivity contribution in [2.75, 3.05) is 0 Å². The van der Waals surface area contributed by atoms with Gasteiger partial charge in [-0.25, -0.2) is 5.01 Å². The Morgan fingerprint density at radius 2 is 1.62 bits per heavy atom. The molecule has 6 rings (SSSR count). The second kappa shape index (κ2) is 6.45. The zero-order valence-corrected chi connectivity index (χ0v) is 15.8. The summed E-state index contributed by atoms with van der Waals surface area (Å²) in [7, 11) is 0. The molecule has 2 aliphatic rings. The topological polar surface area (TPSA) is 37.7 Å². The maximum Gasteiger partial charge on any atom is 0.213 e. The van der Waals surface area contributed by atoms with Gasteiger partial charge in [0, 0.05) is 29.9 Å². The highest BCUT2D eigenvalue weighted by Gasteiger charge is 2.40. The van der Waals surface area contributed by atoms with Crippen molar-refractivity contribution in [1.82, 2.24) is 9.99 Å². The molecule has 4 aromatic rings. The quantitative estimate of drug-likeness (QED) is 0.464. The highest BCUT2D eigenvalue weighted by Crippen LogP contribution is 2.47. The van der Waals surface area contributed by atoms with E-state index in [0.29, 0.717) is 0 Å². The van der Waals surface area contributed by atoms with E-state index in [1.54, 1.807) is 12.4 Å². The van der Waals surface area contributed by atoms with Crippen molar-refractivity contribution in [2.24, 2.45) is 5.10 Å². The Morgan fingerprint density at radius 3 is 2.52 bits per heavy atom. The van der Waals surface area contributed by atoms with Crippen molar-refractivity contribution in [3.05, 3.63) is 108 Å². The minimum atomic E-state index is -0.254. The lowest BCUT2D eigenvalue weighted by atomic mass is 9.95. The number of ether oxygens (including phenoxy) is 1. The molecule has 0 saturated carbocycles. The van der Waals surface area contributed by atoms with Crippen molar-refractivity contribution in [2.45, 2.75) is 18.7 Å². The molecule has 4 heteroatoms. The van der Waals surface area contributed by atoms with E-state index in [0.717, 1.165) is 23.4 Å². The molecule has 0 spiro atoms. The molecule has 3 heterocycles. The summed E-state index contributed by atoms with van der Waals surface area (Å²) in [5, 5.41) is 9.64. The molecule has 0 saturated heterocycles. The Kier molecular flexibility index (Phi) is 3.63. The van der Waals surface area contributed by atoms with Gasteiger partial charge in [0.1, 0.15) is 5.75 Å². The summed E-state index contributed by atoms with van der Waals surface area (Å²) in [6.45, 7) is 0. The maximum absolute atomic E-state index is 6.38. The summed E-state index contributed by atoms with van der Waals surface area (Å²) in [4.78, 5) is 4.15. The number of hydrogen-bond donors (Lipinski definition) is 0. The van der Waals surface area contributed by atoms with Crippen LogP contribution in [0.1, 0.15) is 35.4 Å². The first kappa shape index (κ1) is 16.3. The molecule has 1 aromatic heterocycles. The first-order valence-corrected chi connectivity index (χ1v) is 9.87. The first-order chi connectivity index (χ1) is 14.4. The van der Waals surface area contributed by atoms with E-state index < -0.39 is 0 Å². The molecule has 2 aliphatic heterocycles. The molecule has 0 bridgehead atoms. The molecular weight excluding hydrogens is 358 g/mol. The monoisotopic (exact) mass is 377 g/mol. The predicted molar refractivity (Wildman–Crippen MR) is 114 cm³/mol. The average Bonchev–Trinajstić information content (AvgIpc) is 3.25. The lowest BCUT2D eigenvalue weighted by molar-refractivity contribution is -0.0190. The Labute approximate surface area is 169 Å². The number of hydrazone groups is 1. The van der Waals surface area contributed by atoms with Crippen LogP contribution >= 0.6 is 0 Å². The Morgan fingerprint density at radius 1 is 0.828 bits per heavy atom. The molecule has 2 unspecified atom stereocenters. The highest BCUT2D eigenvalue weighted by molar-refractivity contribution is 6.04. The normalized spacial score (nSPS) is 20.0. The second-order valence-corrected chi connectivity index (χ2v) is 7.50. The van der Waals surface area contributed by atoms with Gasteiger partial charge in [-0.05, 0) is 40.6 Å². The van der Waals surface area contributed by atoms with E-state index in [4.69, 9.17) is 9.84 Å². The molecular formula is C25H19N3O. The van der Waals surface area contributed by atoms with Crippen LogP contribution in [0.2, 0.25) is 0 Å². The fraction of sp³-hybridized carbons (Fsp3) is 0.120. The minimum Gasteiger partial charge on any atom is -0.464 e. The van der Waals surface area contributed by atoms with Crippen LogP contribution in [-0.4, -0.2) is 15.7 Å². The molecule has 4 nitrogen and oxygen atoms in total. The minimum absolute atomic E-state index is 0.166. The first-order valence-electron chi connectivity index (χ1n) is 9.87. The standard InChI is InChI=1S/C25H19N3O/c1-2-6-19-15-20(10-9-17(19)5-1)22-16-23-21-7-3-4-8-24(21)29-25(28(23)27-22)18-11-13-26-14-12-18/h1-15,23,25H,16H2. The molecule has 0 radical (unpaired) electrons. The van der Waals surface area contributed by atoms with Gasteiger partial charge >= 0.3 is 0 Å². The van der Waals surface area contributed by atoms with Crippen LogP contribution in [-0.2, 0) is 0 Å². The molecule has 2 atom stereocenters. The number of hydrogen-bond acceptors (Lipinski definition) is 4. The van der Waals surface area contributed by atoms with Crippen molar-refractivity contribution < 1.29 is 4.74 Å². The van der Waals surface area contributed by atoms with E-state index in [1.165, 1.54) is 21.9 Å². The highest BCUT2D eigenvalue weighted by atomic mass is 16.5. The molecule has 29 heavy (non-hydrogen) atoms. The molecule has 140 valence electrons. The summed E-state index contributed by atoms with van der Waals surface area (Å²) in [6.07, 6.45) is 4.22. The molecule has 0 N–H and O–H groups in total. The van der Waals surface area contributed by atoms with Crippen LogP contribution in [0.15, 0.2) is 96.4 Å². The Hall–Kier alpha value is -3.66. The fourth-order valence-corrected chi connectivity index (χ4v) is 4.33. The van der Waals surface area contributed by atoms with Gasteiger partial charge in [-0.3, -0.25) is 4.98 Å². The third-order valence-corrected chi connectivity index (χ3v) is 5.77. The number of para-hydroxylation sites is 1. The van der Waals surface area contributed by atoms with Gasteiger partial charge in [-0.1, -0.05) is 54.6 Å². The lowest BCUT2D eigenvalue weighted by Crippen LogP contribution is -2.33. The van der Waals surface area contributed by atoms with Crippen molar-refractivity contribution in [1.29, 1.82) is 0 Å². The van der Waals surface area contributed by atoms with E-state index in [-0.39, 0.29) is 12.3 Å². The van der Waals surface area contributed by atoms with Crippen molar-refractivity contribution in [3.8, 4) is 5.75 Å². The largest absolute Gasteiger partial charge is 0.464 e. The van der Waals surface area contributed by atoms with E-state index in [1.807, 2.05) is 18.2 Å². The maximum atomic E-state index is 6.38. The van der Waals surface area contributed by atoms with Crippen LogP contribution in [0.4, 0.5) is 0 Å². The Balaban J connectivity index is 1.45. The summed E-state index contributed by atoms with van der Waals surface area (Å²) in [5.74, 6) is 0.936. The third kappa shape index (κ3) is 2.68. The molecule has 3 aromatic carbocycles. The fourth-order valence-electron chi connectivity index (χ4n) is 4.33. The van der Waals surface area contributed by atoms with Gasteiger partial charge in [0.25, 0.3) is 0 Å². The number of benzene rings is 3. The summed E-state index contributed by atoms with van der Waals surface area (Å²) in [6, 6.07) is 27.5. The number of rotatable bonds is 2. The van der Waals surface area contributed by atoms with Gasteiger partial charge in [-0.15, -0.1) is 0 Å². The van der Waals surface area contributed by atoms with Crippen LogP contribution in [0.3, 0.4) is 0 Å². The van der Waals surface area contributed by atoms with Crippen LogP contribution in [0.25, 0.3) is 10.8 Å².